The van der Waals surface area contributed by atoms with Crippen LogP contribution in [0.15, 0.2) is 48.5 Å². The summed E-state index contributed by atoms with van der Waals surface area (Å²) in [5, 5.41) is 12.8. The van der Waals surface area contributed by atoms with Crippen LogP contribution in [0.25, 0.3) is 0 Å². The van der Waals surface area contributed by atoms with Gasteiger partial charge in [0.15, 0.2) is 0 Å². The van der Waals surface area contributed by atoms with Crippen molar-refractivity contribution >= 4 is 5.91 Å². The molecule has 3 heteroatoms. The van der Waals surface area contributed by atoms with E-state index in [1.54, 1.807) is 25.1 Å². The minimum Gasteiger partial charge on any atom is -0.507 e. The Kier molecular flexibility index (Phi) is 3.85. The van der Waals surface area contributed by atoms with E-state index in [9.17, 15) is 9.90 Å². The molecule has 0 aromatic heterocycles. The normalized spacial score (nSPS) is 11.9. The first-order valence-electron chi connectivity index (χ1n) is 6.24. The van der Waals surface area contributed by atoms with Crippen LogP contribution in [0.5, 0.6) is 5.75 Å². The van der Waals surface area contributed by atoms with Gasteiger partial charge in [0.2, 0.25) is 0 Å². The summed E-state index contributed by atoms with van der Waals surface area (Å²) in [5.74, 6) is -0.224. The first-order valence-corrected chi connectivity index (χ1v) is 6.24. The minimum atomic E-state index is -0.266. The fourth-order valence-electron chi connectivity index (χ4n) is 1.94. The lowest BCUT2D eigenvalue weighted by molar-refractivity contribution is 0.0937. The predicted octanol–water partition coefficient (Wildman–Crippen LogP) is 3.19. The number of hydrogen-bond acceptors (Lipinski definition) is 2. The van der Waals surface area contributed by atoms with Gasteiger partial charge in [-0.1, -0.05) is 42.5 Å². The van der Waals surface area contributed by atoms with Gasteiger partial charge < -0.3 is 10.4 Å². The number of phenols is 1. The Morgan fingerprint density at radius 1 is 1.11 bits per heavy atom. The lowest BCUT2D eigenvalue weighted by Crippen LogP contribution is -2.26. The van der Waals surface area contributed by atoms with Gasteiger partial charge >= 0.3 is 0 Å². The molecule has 0 radical (unpaired) electrons. The van der Waals surface area contributed by atoms with Crippen molar-refractivity contribution in [2.24, 2.45) is 0 Å². The summed E-state index contributed by atoms with van der Waals surface area (Å²) in [7, 11) is 0. The van der Waals surface area contributed by atoms with Crippen molar-refractivity contribution < 1.29 is 9.90 Å². The molecule has 0 heterocycles. The Bertz CT molecular complexity index is 579. The molecule has 3 nitrogen and oxygen atoms in total. The van der Waals surface area contributed by atoms with Crippen molar-refractivity contribution in [3.05, 3.63) is 65.2 Å². The van der Waals surface area contributed by atoms with Crippen LogP contribution in [0.2, 0.25) is 0 Å². The highest BCUT2D eigenvalue weighted by Gasteiger charge is 2.15. The van der Waals surface area contributed by atoms with Crippen LogP contribution in [-0.2, 0) is 0 Å². The largest absolute Gasteiger partial charge is 0.507 e. The van der Waals surface area contributed by atoms with E-state index in [1.807, 2.05) is 37.3 Å². The maximum absolute atomic E-state index is 12.1. The standard InChI is InChI=1S/C16H17NO2/c1-11-7-6-10-14(15(11)18)16(19)17-12(2)13-8-4-3-5-9-13/h3-10,12,18H,1-2H3,(H,17,19). The molecule has 1 atom stereocenters. The number of nitrogens with one attached hydrogen (secondary N) is 1. The van der Waals surface area contributed by atoms with E-state index in [0.29, 0.717) is 11.1 Å². The van der Waals surface area contributed by atoms with Gasteiger partial charge in [0.25, 0.3) is 5.91 Å². The van der Waals surface area contributed by atoms with Gasteiger partial charge in [-0.05, 0) is 31.0 Å². The molecule has 2 rings (SSSR count). The molecule has 0 aliphatic heterocycles. The number of amides is 1. The van der Waals surface area contributed by atoms with Crippen LogP contribution >= 0.6 is 0 Å². The molecule has 0 saturated carbocycles. The highest BCUT2D eigenvalue weighted by atomic mass is 16.3. The molecule has 0 bridgehead atoms. The van der Waals surface area contributed by atoms with Crippen LogP contribution in [0, 0.1) is 6.92 Å². The molecule has 2 aromatic rings. The van der Waals surface area contributed by atoms with E-state index in [1.165, 1.54) is 0 Å². The topological polar surface area (TPSA) is 49.3 Å². The molecule has 98 valence electrons. The molecular weight excluding hydrogens is 238 g/mol. The van der Waals surface area contributed by atoms with Crippen LogP contribution in [0.4, 0.5) is 0 Å². The number of aromatic hydroxyl groups is 1. The van der Waals surface area contributed by atoms with E-state index >= 15 is 0 Å². The maximum atomic E-state index is 12.1. The van der Waals surface area contributed by atoms with Crippen molar-refractivity contribution in [3.63, 3.8) is 0 Å². The lowest BCUT2D eigenvalue weighted by atomic mass is 10.1. The van der Waals surface area contributed by atoms with Crippen molar-refractivity contribution in [1.82, 2.24) is 5.32 Å². The fourth-order valence-corrected chi connectivity index (χ4v) is 1.94. The van der Waals surface area contributed by atoms with Gasteiger partial charge in [-0.25, -0.2) is 0 Å². The molecule has 0 aliphatic carbocycles. The second-order valence-corrected chi connectivity index (χ2v) is 4.58. The number of phenolic OH excluding ortho intramolecular Hbond substituents is 1. The number of carbonyl (C=O) groups excluding carboxylic acids is 1. The van der Waals surface area contributed by atoms with E-state index < -0.39 is 0 Å². The predicted molar refractivity (Wildman–Crippen MR) is 75.2 cm³/mol. The zero-order chi connectivity index (χ0) is 13.8. The minimum absolute atomic E-state index is 0.0419. The van der Waals surface area contributed by atoms with Gasteiger partial charge in [-0.2, -0.15) is 0 Å². The molecule has 2 N–H and O–H groups in total. The van der Waals surface area contributed by atoms with Gasteiger partial charge in [0, 0.05) is 0 Å². The first-order chi connectivity index (χ1) is 9.09. The van der Waals surface area contributed by atoms with Gasteiger partial charge in [0.1, 0.15) is 5.75 Å². The molecular formula is C16H17NO2. The third-order valence-electron chi connectivity index (χ3n) is 3.13. The molecule has 0 fully saturated rings. The molecule has 0 aliphatic rings. The smallest absolute Gasteiger partial charge is 0.255 e. The average Bonchev–Trinajstić information content (AvgIpc) is 2.42. The quantitative estimate of drug-likeness (QED) is 0.885. The van der Waals surface area contributed by atoms with E-state index in [4.69, 9.17) is 0 Å². The Morgan fingerprint density at radius 2 is 1.79 bits per heavy atom. The van der Waals surface area contributed by atoms with Crippen molar-refractivity contribution in [1.29, 1.82) is 0 Å². The Morgan fingerprint density at radius 3 is 2.47 bits per heavy atom. The molecule has 1 unspecified atom stereocenters. The third kappa shape index (κ3) is 2.94. The molecule has 0 spiro atoms. The molecule has 2 aromatic carbocycles. The third-order valence-corrected chi connectivity index (χ3v) is 3.13. The number of hydrogen-bond donors (Lipinski definition) is 2. The van der Waals surface area contributed by atoms with Crippen molar-refractivity contribution in [2.75, 3.05) is 0 Å². The number of aryl methyl sites for hydroxylation is 1. The van der Waals surface area contributed by atoms with Gasteiger partial charge in [0.05, 0.1) is 11.6 Å². The van der Waals surface area contributed by atoms with E-state index in [-0.39, 0.29) is 17.7 Å². The van der Waals surface area contributed by atoms with Crippen LogP contribution in [0.1, 0.15) is 34.5 Å². The highest BCUT2D eigenvalue weighted by Crippen LogP contribution is 2.22. The first kappa shape index (κ1) is 13.1. The second kappa shape index (κ2) is 5.57. The summed E-state index contributed by atoms with van der Waals surface area (Å²) < 4.78 is 0. The average molecular weight is 255 g/mol. The van der Waals surface area contributed by atoms with Crippen LogP contribution < -0.4 is 5.32 Å². The van der Waals surface area contributed by atoms with Crippen LogP contribution in [-0.4, -0.2) is 11.0 Å². The highest BCUT2D eigenvalue weighted by molar-refractivity contribution is 5.97. The Labute approximate surface area is 112 Å². The SMILES string of the molecule is Cc1cccc(C(=O)NC(C)c2ccccc2)c1O. The number of para-hydroxylation sites is 1. The molecule has 19 heavy (non-hydrogen) atoms. The zero-order valence-corrected chi connectivity index (χ0v) is 11.1. The van der Waals surface area contributed by atoms with E-state index in [2.05, 4.69) is 5.32 Å². The Balaban J connectivity index is 2.16. The van der Waals surface area contributed by atoms with E-state index in [0.717, 1.165) is 5.56 Å². The Hall–Kier alpha value is -2.29. The van der Waals surface area contributed by atoms with Crippen molar-refractivity contribution in [3.8, 4) is 5.75 Å². The molecule has 0 saturated heterocycles. The second-order valence-electron chi connectivity index (χ2n) is 4.58. The van der Waals surface area contributed by atoms with Crippen molar-refractivity contribution in [2.45, 2.75) is 19.9 Å². The summed E-state index contributed by atoms with van der Waals surface area (Å²) in [6, 6.07) is 14.8. The summed E-state index contributed by atoms with van der Waals surface area (Å²) in [6.45, 7) is 3.69. The van der Waals surface area contributed by atoms with Gasteiger partial charge in [-0.15, -0.1) is 0 Å². The van der Waals surface area contributed by atoms with Gasteiger partial charge in [-0.3, -0.25) is 4.79 Å². The summed E-state index contributed by atoms with van der Waals surface area (Å²) in [6.07, 6.45) is 0. The monoisotopic (exact) mass is 255 g/mol. The summed E-state index contributed by atoms with van der Waals surface area (Å²) in [4.78, 5) is 12.1. The fraction of sp³-hybridized carbons (Fsp3) is 0.188. The number of rotatable bonds is 3. The summed E-state index contributed by atoms with van der Waals surface area (Å²) in [5.41, 5.74) is 2.03. The zero-order valence-electron chi connectivity index (χ0n) is 11.1. The maximum Gasteiger partial charge on any atom is 0.255 e. The summed E-state index contributed by atoms with van der Waals surface area (Å²) >= 11 is 0. The van der Waals surface area contributed by atoms with Crippen LogP contribution in [0.3, 0.4) is 0 Å². The number of benzene rings is 2. The number of carbonyl (C=O) groups is 1. The molecule has 1 amide bonds. The lowest BCUT2D eigenvalue weighted by Gasteiger charge is -2.15.